The molecule has 0 bridgehead atoms. The summed E-state index contributed by atoms with van der Waals surface area (Å²) >= 11 is 6.29. The molecule has 1 atom stereocenters. The smallest absolute Gasteiger partial charge is 0.431 e. The normalized spacial score (nSPS) is 15.3. The van der Waals surface area contributed by atoms with Crippen molar-refractivity contribution < 1.29 is 27.4 Å². The molecule has 4 rings (SSSR count). The minimum atomic E-state index is -4.44. The first-order valence-electron chi connectivity index (χ1n) is 12.0. The lowest BCUT2D eigenvalue weighted by molar-refractivity contribution is -0.137. The first-order chi connectivity index (χ1) is 18.1. The number of aromatic nitrogens is 3. The fourth-order valence-corrected chi connectivity index (χ4v) is 4.39. The number of carbonyl (C=O) groups excluding carboxylic acids is 1. The minimum absolute atomic E-state index is 0.0174. The second-order valence-corrected chi connectivity index (χ2v) is 9.34. The molecular weight excluding hydrogens is 521 g/mol. The number of ether oxygens (including phenoxy) is 2. The standard InChI is InChI=1S/C27H24ClF3N4O3/c1-17(37-26(36)38-23-8-3-2-4-9-23)35-33-24(16-32)25(34-35)20-12-19(14-22(28)15-20)11-10-18-6-5-7-21(13-18)27(29,30)31/h5-7,10-15,17,23H,2-4,8-9H2,1H3/b11-10+. The number of nitriles is 1. The number of nitrogens with zero attached hydrogens (tertiary/aromatic N) is 4. The zero-order valence-electron chi connectivity index (χ0n) is 20.4. The molecule has 2 aromatic carbocycles. The number of rotatable bonds is 6. The average molecular weight is 545 g/mol. The van der Waals surface area contributed by atoms with Crippen molar-refractivity contribution in [3.63, 3.8) is 0 Å². The predicted octanol–water partition coefficient (Wildman–Crippen LogP) is 7.66. The van der Waals surface area contributed by atoms with Crippen LogP contribution in [0.25, 0.3) is 23.4 Å². The average Bonchev–Trinajstić information content (AvgIpc) is 3.32. The van der Waals surface area contributed by atoms with Gasteiger partial charge in [-0.05, 0) is 74.1 Å². The van der Waals surface area contributed by atoms with Gasteiger partial charge in [0.05, 0.1) is 5.56 Å². The van der Waals surface area contributed by atoms with Crippen LogP contribution in [-0.4, -0.2) is 27.3 Å². The summed E-state index contributed by atoms with van der Waals surface area (Å²) in [5, 5.41) is 18.4. The van der Waals surface area contributed by atoms with E-state index in [0.29, 0.717) is 21.7 Å². The van der Waals surface area contributed by atoms with E-state index in [-0.39, 0.29) is 17.5 Å². The van der Waals surface area contributed by atoms with E-state index in [1.165, 1.54) is 12.1 Å². The van der Waals surface area contributed by atoms with E-state index in [2.05, 4.69) is 10.2 Å². The first-order valence-corrected chi connectivity index (χ1v) is 12.4. The van der Waals surface area contributed by atoms with Gasteiger partial charge in [-0.2, -0.15) is 18.4 Å². The molecule has 1 aliphatic carbocycles. The maximum atomic E-state index is 13.0. The Hall–Kier alpha value is -3.84. The highest BCUT2D eigenvalue weighted by atomic mass is 35.5. The molecule has 38 heavy (non-hydrogen) atoms. The fourth-order valence-electron chi connectivity index (χ4n) is 4.14. The summed E-state index contributed by atoms with van der Waals surface area (Å²) in [5.74, 6) is 0. The Kier molecular flexibility index (Phi) is 8.37. The Morgan fingerprint density at radius 2 is 1.87 bits per heavy atom. The predicted molar refractivity (Wildman–Crippen MR) is 135 cm³/mol. The third kappa shape index (κ3) is 6.92. The third-order valence-corrected chi connectivity index (χ3v) is 6.24. The molecule has 0 aliphatic heterocycles. The summed E-state index contributed by atoms with van der Waals surface area (Å²) < 4.78 is 49.7. The number of hydrogen-bond acceptors (Lipinski definition) is 6. The van der Waals surface area contributed by atoms with E-state index < -0.39 is 24.1 Å². The minimum Gasteiger partial charge on any atom is -0.431 e. The summed E-state index contributed by atoms with van der Waals surface area (Å²) in [5.41, 5.74) is 0.831. The maximum Gasteiger partial charge on any atom is 0.510 e. The van der Waals surface area contributed by atoms with E-state index >= 15 is 0 Å². The van der Waals surface area contributed by atoms with Gasteiger partial charge in [0.1, 0.15) is 17.9 Å². The van der Waals surface area contributed by atoms with Gasteiger partial charge >= 0.3 is 12.3 Å². The molecule has 0 radical (unpaired) electrons. The highest BCUT2D eigenvalue weighted by molar-refractivity contribution is 6.31. The quantitative estimate of drug-likeness (QED) is 0.234. The molecule has 1 aromatic heterocycles. The van der Waals surface area contributed by atoms with E-state index in [4.69, 9.17) is 21.1 Å². The van der Waals surface area contributed by atoms with Crippen LogP contribution < -0.4 is 0 Å². The van der Waals surface area contributed by atoms with Crippen LogP contribution in [0.4, 0.5) is 18.0 Å². The first kappa shape index (κ1) is 27.2. The lowest BCUT2D eigenvalue weighted by Crippen LogP contribution is -2.24. The van der Waals surface area contributed by atoms with E-state index in [1.54, 1.807) is 37.3 Å². The van der Waals surface area contributed by atoms with Crippen LogP contribution in [0, 0.1) is 11.3 Å². The van der Waals surface area contributed by atoms with Crippen LogP contribution in [0.5, 0.6) is 0 Å². The van der Waals surface area contributed by atoms with Crippen LogP contribution in [0.3, 0.4) is 0 Å². The summed E-state index contributed by atoms with van der Waals surface area (Å²) in [6, 6.07) is 11.8. The summed E-state index contributed by atoms with van der Waals surface area (Å²) in [7, 11) is 0. The Bertz CT molecular complexity index is 1370. The van der Waals surface area contributed by atoms with Crippen LogP contribution in [-0.2, 0) is 15.7 Å². The zero-order chi connectivity index (χ0) is 27.3. The molecule has 3 aromatic rings. The van der Waals surface area contributed by atoms with E-state index in [0.717, 1.165) is 49.0 Å². The molecule has 0 amide bonds. The van der Waals surface area contributed by atoms with Crippen molar-refractivity contribution in [1.29, 1.82) is 5.26 Å². The monoisotopic (exact) mass is 544 g/mol. The molecule has 0 N–H and O–H groups in total. The number of halogens is 4. The van der Waals surface area contributed by atoms with Crippen molar-refractivity contribution in [2.75, 3.05) is 0 Å². The van der Waals surface area contributed by atoms with Gasteiger partial charge in [0, 0.05) is 10.6 Å². The molecule has 1 unspecified atom stereocenters. The molecule has 1 heterocycles. The lowest BCUT2D eigenvalue weighted by atomic mass is 9.98. The summed E-state index contributed by atoms with van der Waals surface area (Å²) in [4.78, 5) is 13.3. The van der Waals surface area contributed by atoms with Crippen molar-refractivity contribution in [3.05, 3.63) is 69.9 Å². The molecule has 0 spiro atoms. The molecule has 1 fully saturated rings. The van der Waals surface area contributed by atoms with Crippen LogP contribution in [0.15, 0.2) is 42.5 Å². The van der Waals surface area contributed by atoms with E-state index in [9.17, 15) is 23.2 Å². The van der Waals surface area contributed by atoms with Crippen LogP contribution in [0.1, 0.15) is 67.6 Å². The Morgan fingerprint density at radius 1 is 1.13 bits per heavy atom. The van der Waals surface area contributed by atoms with Gasteiger partial charge in [-0.3, -0.25) is 0 Å². The molecule has 11 heteroatoms. The lowest BCUT2D eigenvalue weighted by Gasteiger charge is -2.22. The van der Waals surface area contributed by atoms with Gasteiger partial charge in [-0.15, -0.1) is 15.0 Å². The summed E-state index contributed by atoms with van der Waals surface area (Å²) in [6.07, 6.45) is 1.46. The molecule has 198 valence electrons. The van der Waals surface area contributed by atoms with E-state index in [1.807, 2.05) is 6.07 Å². The van der Waals surface area contributed by atoms with Crippen LogP contribution >= 0.6 is 11.6 Å². The summed E-state index contributed by atoms with van der Waals surface area (Å²) in [6.45, 7) is 1.55. The Labute approximate surface area is 222 Å². The van der Waals surface area contributed by atoms with Crippen molar-refractivity contribution >= 4 is 29.9 Å². The Morgan fingerprint density at radius 3 is 2.58 bits per heavy atom. The van der Waals surface area contributed by atoms with Crippen molar-refractivity contribution in [2.45, 2.75) is 57.5 Å². The zero-order valence-corrected chi connectivity index (χ0v) is 21.2. The van der Waals surface area contributed by atoms with Gasteiger partial charge in [-0.25, -0.2) is 4.79 Å². The highest BCUT2D eigenvalue weighted by Gasteiger charge is 2.30. The molecule has 7 nitrogen and oxygen atoms in total. The van der Waals surface area contributed by atoms with Gasteiger partial charge in [0.2, 0.25) is 6.23 Å². The van der Waals surface area contributed by atoms with Crippen molar-refractivity contribution in [3.8, 4) is 17.3 Å². The second-order valence-electron chi connectivity index (χ2n) is 8.90. The van der Waals surface area contributed by atoms with Gasteiger partial charge in [-0.1, -0.05) is 42.3 Å². The fraction of sp³-hybridized carbons (Fsp3) is 0.333. The second kappa shape index (κ2) is 11.7. The van der Waals surface area contributed by atoms with Crippen LogP contribution in [0.2, 0.25) is 5.02 Å². The highest BCUT2D eigenvalue weighted by Crippen LogP contribution is 2.31. The number of alkyl halides is 3. The van der Waals surface area contributed by atoms with Gasteiger partial charge in [0.15, 0.2) is 5.69 Å². The SMILES string of the molecule is CC(OC(=O)OC1CCCCC1)n1nc(C#N)c(-c2cc(Cl)cc(/C=C/c3cccc(C(F)(F)F)c3)c2)n1. The van der Waals surface area contributed by atoms with Crippen molar-refractivity contribution in [1.82, 2.24) is 15.0 Å². The molecular formula is C27H24ClF3N4O3. The number of carbonyl (C=O) groups is 1. The number of benzene rings is 2. The van der Waals surface area contributed by atoms with Gasteiger partial charge < -0.3 is 9.47 Å². The van der Waals surface area contributed by atoms with Crippen molar-refractivity contribution in [2.24, 2.45) is 0 Å². The van der Waals surface area contributed by atoms with Gasteiger partial charge in [0.25, 0.3) is 0 Å². The largest absolute Gasteiger partial charge is 0.510 e. The maximum absolute atomic E-state index is 13.0. The molecule has 0 saturated heterocycles. The topological polar surface area (TPSA) is 90.0 Å². The molecule has 1 aliphatic rings. The Balaban J connectivity index is 1.53. The third-order valence-electron chi connectivity index (χ3n) is 6.02. The number of hydrogen-bond donors (Lipinski definition) is 0. The molecule has 1 saturated carbocycles.